The third kappa shape index (κ3) is 4.20. The minimum absolute atomic E-state index is 0.0915. The lowest BCUT2D eigenvalue weighted by Gasteiger charge is -2.20. The Balaban J connectivity index is 1.81. The van der Waals surface area contributed by atoms with Gasteiger partial charge in [0.25, 0.3) is 5.91 Å². The van der Waals surface area contributed by atoms with E-state index in [4.69, 9.17) is 25.8 Å². The van der Waals surface area contributed by atoms with E-state index in [1.807, 2.05) is 0 Å². The number of pyridine rings is 1. The lowest BCUT2D eigenvalue weighted by atomic mass is 10.1. The van der Waals surface area contributed by atoms with E-state index in [9.17, 15) is 9.59 Å². The van der Waals surface area contributed by atoms with Crippen LogP contribution in [0.25, 0.3) is 0 Å². The third-order valence-corrected chi connectivity index (χ3v) is 4.47. The molecule has 0 saturated carbocycles. The third-order valence-electron chi connectivity index (χ3n) is 4.20. The molecule has 1 aromatic carbocycles. The summed E-state index contributed by atoms with van der Waals surface area (Å²) in [7, 11) is 2.86. The summed E-state index contributed by atoms with van der Waals surface area (Å²) in [6.07, 6.45) is 2.08. The van der Waals surface area contributed by atoms with Crippen LogP contribution in [0.2, 0.25) is 5.02 Å². The molecule has 1 fully saturated rings. The van der Waals surface area contributed by atoms with Crippen molar-refractivity contribution in [1.82, 2.24) is 4.98 Å². The molecule has 0 unspecified atom stereocenters. The topological polar surface area (TPSA) is 78.0 Å². The highest BCUT2D eigenvalue weighted by atomic mass is 35.5. The van der Waals surface area contributed by atoms with E-state index in [1.165, 1.54) is 24.3 Å². The molecule has 142 valence electrons. The summed E-state index contributed by atoms with van der Waals surface area (Å²) in [5.41, 5.74) is 0.988. The number of ether oxygens (including phenoxy) is 3. The minimum Gasteiger partial charge on any atom is -0.471 e. The highest BCUT2D eigenvalue weighted by Crippen LogP contribution is 2.27. The van der Waals surface area contributed by atoms with Crippen LogP contribution in [0.4, 0.5) is 5.69 Å². The van der Waals surface area contributed by atoms with Gasteiger partial charge in [-0.25, -0.2) is 9.78 Å². The Morgan fingerprint density at radius 1 is 1.33 bits per heavy atom. The monoisotopic (exact) mass is 390 g/mol. The molecular formula is C19H19ClN2O5. The number of halogens is 1. The Morgan fingerprint density at radius 2 is 2.11 bits per heavy atom. The molecule has 0 spiro atoms. The SMILES string of the molecule is COC(=O)c1ccccc1N(C)C(=O)c1cnc(O[C@@H]2CCOC2)c(Cl)c1. The first-order valence-corrected chi connectivity index (χ1v) is 8.74. The molecule has 0 bridgehead atoms. The average molecular weight is 391 g/mol. The predicted octanol–water partition coefficient (Wildman–Crippen LogP) is 2.97. The van der Waals surface area contributed by atoms with Crippen LogP contribution in [0.15, 0.2) is 36.5 Å². The Morgan fingerprint density at radius 3 is 2.78 bits per heavy atom. The summed E-state index contributed by atoms with van der Waals surface area (Å²) in [5, 5.41) is 0.238. The number of aromatic nitrogens is 1. The summed E-state index contributed by atoms with van der Waals surface area (Å²) in [5.74, 6) is -0.623. The van der Waals surface area contributed by atoms with Crippen LogP contribution >= 0.6 is 11.6 Å². The molecular weight excluding hydrogens is 372 g/mol. The van der Waals surface area contributed by atoms with Crippen LogP contribution in [-0.2, 0) is 9.47 Å². The summed E-state index contributed by atoms with van der Waals surface area (Å²) in [4.78, 5) is 30.3. The fourth-order valence-electron chi connectivity index (χ4n) is 2.74. The number of anilines is 1. The lowest BCUT2D eigenvalue weighted by molar-refractivity contribution is 0.0601. The van der Waals surface area contributed by atoms with Gasteiger partial charge in [0, 0.05) is 19.7 Å². The van der Waals surface area contributed by atoms with Crippen molar-refractivity contribution in [1.29, 1.82) is 0 Å². The van der Waals surface area contributed by atoms with Gasteiger partial charge in [0.05, 0.1) is 37.1 Å². The summed E-state index contributed by atoms with van der Waals surface area (Å²) in [6, 6.07) is 8.19. The first kappa shape index (κ1) is 19.1. The number of methoxy groups -OCH3 is 1. The largest absolute Gasteiger partial charge is 0.471 e. The maximum Gasteiger partial charge on any atom is 0.339 e. The number of rotatable bonds is 5. The molecule has 2 aromatic rings. The Labute approximate surface area is 161 Å². The minimum atomic E-state index is -0.524. The van der Waals surface area contributed by atoms with Gasteiger partial charge in [-0.3, -0.25) is 4.79 Å². The molecule has 0 aliphatic carbocycles. The normalized spacial score (nSPS) is 16.0. The molecule has 1 amide bonds. The van der Waals surface area contributed by atoms with Crippen molar-refractivity contribution < 1.29 is 23.8 Å². The number of nitrogens with zero attached hydrogens (tertiary/aromatic N) is 2. The lowest BCUT2D eigenvalue weighted by Crippen LogP contribution is -2.28. The van der Waals surface area contributed by atoms with Crippen LogP contribution in [0, 0.1) is 0 Å². The smallest absolute Gasteiger partial charge is 0.339 e. The zero-order valence-electron chi connectivity index (χ0n) is 15.0. The molecule has 3 rings (SSSR count). The van der Waals surface area contributed by atoms with Crippen LogP contribution in [0.1, 0.15) is 27.1 Å². The van der Waals surface area contributed by atoms with E-state index in [0.29, 0.717) is 18.9 Å². The van der Waals surface area contributed by atoms with Crippen molar-refractivity contribution in [2.45, 2.75) is 12.5 Å². The van der Waals surface area contributed by atoms with Crippen molar-refractivity contribution in [2.75, 3.05) is 32.3 Å². The second kappa shape index (κ2) is 8.37. The van der Waals surface area contributed by atoms with Gasteiger partial charge in [0.1, 0.15) is 11.1 Å². The van der Waals surface area contributed by atoms with Crippen LogP contribution in [0.5, 0.6) is 5.88 Å². The molecule has 0 N–H and O–H groups in total. The maximum absolute atomic E-state index is 12.8. The van der Waals surface area contributed by atoms with Gasteiger partial charge in [-0.2, -0.15) is 0 Å². The standard InChI is InChI=1S/C19H19ClN2O5/c1-22(16-6-4-3-5-14(16)19(24)25-2)18(23)12-9-15(20)17(21-10-12)27-13-7-8-26-11-13/h3-6,9-10,13H,7-8,11H2,1-2H3/t13-/m1/s1. The molecule has 27 heavy (non-hydrogen) atoms. The van der Waals surface area contributed by atoms with Gasteiger partial charge in [-0.1, -0.05) is 23.7 Å². The molecule has 1 atom stereocenters. The molecule has 1 aromatic heterocycles. The maximum atomic E-state index is 12.8. The molecule has 7 nitrogen and oxygen atoms in total. The van der Waals surface area contributed by atoms with E-state index in [0.717, 1.165) is 6.42 Å². The number of hydrogen-bond donors (Lipinski definition) is 0. The number of amides is 1. The first-order chi connectivity index (χ1) is 13.0. The van der Waals surface area contributed by atoms with Gasteiger partial charge in [-0.05, 0) is 18.2 Å². The molecule has 1 aliphatic rings. The van der Waals surface area contributed by atoms with Gasteiger partial charge in [0.2, 0.25) is 5.88 Å². The van der Waals surface area contributed by atoms with E-state index in [-0.39, 0.29) is 34.0 Å². The van der Waals surface area contributed by atoms with E-state index in [2.05, 4.69) is 4.98 Å². The van der Waals surface area contributed by atoms with E-state index < -0.39 is 5.97 Å². The van der Waals surface area contributed by atoms with Crippen LogP contribution in [0.3, 0.4) is 0 Å². The summed E-state index contributed by atoms with van der Waals surface area (Å²) < 4.78 is 15.7. The fraction of sp³-hybridized carbons (Fsp3) is 0.316. The van der Waals surface area contributed by atoms with E-state index >= 15 is 0 Å². The molecule has 0 radical (unpaired) electrons. The number of benzene rings is 1. The van der Waals surface area contributed by atoms with Crippen molar-refractivity contribution in [3.63, 3.8) is 0 Å². The quantitative estimate of drug-likeness (QED) is 0.730. The number of hydrogen-bond acceptors (Lipinski definition) is 6. The predicted molar refractivity (Wildman–Crippen MR) is 99.6 cm³/mol. The van der Waals surface area contributed by atoms with Crippen molar-refractivity contribution in [3.8, 4) is 5.88 Å². The molecule has 1 saturated heterocycles. The van der Waals surface area contributed by atoms with Gasteiger partial charge < -0.3 is 19.1 Å². The first-order valence-electron chi connectivity index (χ1n) is 8.36. The van der Waals surface area contributed by atoms with Crippen molar-refractivity contribution in [2.24, 2.45) is 0 Å². The second-order valence-electron chi connectivity index (χ2n) is 5.99. The second-order valence-corrected chi connectivity index (χ2v) is 6.39. The fourth-order valence-corrected chi connectivity index (χ4v) is 2.96. The highest BCUT2D eigenvalue weighted by molar-refractivity contribution is 6.32. The zero-order valence-corrected chi connectivity index (χ0v) is 15.7. The Kier molecular flexibility index (Phi) is 5.93. The number of esters is 1. The van der Waals surface area contributed by atoms with Crippen molar-refractivity contribution in [3.05, 3.63) is 52.7 Å². The average Bonchev–Trinajstić information content (AvgIpc) is 3.21. The molecule has 1 aliphatic heterocycles. The van der Waals surface area contributed by atoms with Crippen molar-refractivity contribution >= 4 is 29.2 Å². The van der Waals surface area contributed by atoms with Crippen LogP contribution < -0.4 is 9.64 Å². The summed E-state index contributed by atoms with van der Waals surface area (Å²) >= 11 is 6.23. The van der Waals surface area contributed by atoms with E-state index in [1.54, 1.807) is 31.3 Å². The summed E-state index contributed by atoms with van der Waals surface area (Å²) in [6.45, 7) is 1.13. The van der Waals surface area contributed by atoms with Gasteiger partial charge >= 0.3 is 5.97 Å². The number of para-hydroxylation sites is 1. The van der Waals surface area contributed by atoms with Gasteiger partial charge in [0.15, 0.2) is 0 Å². The Bertz CT molecular complexity index is 852. The number of carbonyl (C=O) groups excluding carboxylic acids is 2. The van der Waals surface area contributed by atoms with Crippen LogP contribution in [-0.4, -0.2) is 50.3 Å². The highest BCUT2D eigenvalue weighted by Gasteiger charge is 2.23. The molecule has 2 heterocycles. The molecule has 8 heteroatoms. The van der Waals surface area contributed by atoms with Gasteiger partial charge in [-0.15, -0.1) is 0 Å². The zero-order chi connectivity index (χ0) is 19.4. The Hall–Kier alpha value is -2.64. The number of carbonyl (C=O) groups is 2.